The van der Waals surface area contributed by atoms with Crippen molar-refractivity contribution in [3.63, 3.8) is 0 Å². The summed E-state index contributed by atoms with van der Waals surface area (Å²) in [6.45, 7) is 1.84. The summed E-state index contributed by atoms with van der Waals surface area (Å²) in [6.07, 6.45) is 4.33. The zero-order valence-electron chi connectivity index (χ0n) is 13.4. The molecular formula is C18H22N2O3. The summed E-state index contributed by atoms with van der Waals surface area (Å²) in [5.41, 5.74) is 1.78. The van der Waals surface area contributed by atoms with E-state index in [0.717, 1.165) is 48.3 Å². The monoisotopic (exact) mass is 314 g/mol. The minimum atomic E-state index is -0.314. The number of fused-ring (bicyclic) bond motifs is 1. The van der Waals surface area contributed by atoms with Gasteiger partial charge in [-0.1, -0.05) is 38.0 Å². The molecule has 1 saturated heterocycles. The summed E-state index contributed by atoms with van der Waals surface area (Å²) in [4.78, 5) is 38.2. The van der Waals surface area contributed by atoms with Crippen LogP contribution in [-0.4, -0.2) is 29.2 Å². The van der Waals surface area contributed by atoms with Crippen LogP contribution >= 0.6 is 0 Å². The standard InChI is InChI=1S/C18H22N2O3/c1-2-12-7-3-6-10-15(12)19-16(21)11-20-17(22)13-8-4-5-9-14(13)18(20)23/h3,6-7,10,13-14H,2,4-5,8-9,11H2,1H3,(H,19,21). The summed E-state index contributed by atoms with van der Waals surface area (Å²) in [7, 11) is 0. The van der Waals surface area contributed by atoms with Gasteiger partial charge in [0.25, 0.3) is 0 Å². The smallest absolute Gasteiger partial charge is 0.244 e. The fourth-order valence-electron chi connectivity index (χ4n) is 3.67. The predicted octanol–water partition coefficient (Wildman–Crippen LogP) is 2.36. The van der Waals surface area contributed by atoms with Crippen LogP contribution in [0.3, 0.4) is 0 Å². The predicted molar refractivity (Wildman–Crippen MR) is 86.6 cm³/mol. The molecule has 1 aliphatic heterocycles. The van der Waals surface area contributed by atoms with Crippen molar-refractivity contribution in [1.29, 1.82) is 0 Å². The maximum absolute atomic E-state index is 12.4. The third-order valence-electron chi connectivity index (χ3n) is 4.91. The van der Waals surface area contributed by atoms with E-state index >= 15 is 0 Å². The Bertz CT molecular complexity index is 617. The van der Waals surface area contributed by atoms with Gasteiger partial charge in [0.15, 0.2) is 0 Å². The third-order valence-corrected chi connectivity index (χ3v) is 4.91. The van der Waals surface area contributed by atoms with Crippen LogP contribution in [0.2, 0.25) is 0 Å². The van der Waals surface area contributed by atoms with Crippen molar-refractivity contribution in [3.8, 4) is 0 Å². The topological polar surface area (TPSA) is 66.5 Å². The number of nitrogens with one attached hydrogen (secondary N) is 1. The lowest BCUT2D eigenvalue weighted by Gasteiger charge is -2.19. The number of carbonyl (C=O) groups is 3. The molecule has 2 atom stereocenters. The average molecular weight is 314 g/mol. The Morgan fingerprint density at radius 3 is 2.35 bits per heavy atom. The fraction of sp³-hybridized carbons (Fsp3) is 0.500. The van der Waals surface area contributed by atoms with Gasteiger partial charge in [0.1, 0.15) is 6.54 Å². The van der Waals surface area contributed by atoms with E-state index in [1.165, 1.54) is 0 Å². The number of benzene rings is 1. The summed E-state index contributed by atoms with van der Waals surface area (Å²) < 4.78 is 0. The molecule has 1 aliphatic carbocycles. The molecule has 2 unspecified atom stereocenters. The Kier molecular flexibility index (Phi) is 4.46. The molecule has 1 aromatic rings. The number of para-hydroxylation sites is 1. The zero-order chi connectivity index (χ0) is 16.4. The quantitative estimate of drug-likeness (QED) is 0.868. The number of aryl methyl sites for hydroxylation is 1. The lowest BCUT2D eigenvalue weighted by atomic mass is 9.81. The summed E-state index contributed by atoms with van der Waals surface area (Å²) in [5, 5.41) is 2.83. The zero-order valence-corrected chi connectivity index (χ0v) is 13.4. The Morgan fingerprint density at radius 2 is 1.74 bits per heavy atom. The number of imide groups is 1. The molecule has 0 bridgehead atoms. The first-order valence-electron chi connectivity index (χ1n) is 8.34. The fourth-order valence-corrected chi connectivity index (χ4v) is 3.67. The molecule has 3 rings (SSSR count). The van der Waals surface area contributed by atoms with Crippen molar-refractivity contribution in [2.24, 2.45) is 11.8 Å². The average Bonchev–Trinajstić information content (AvgIpc) is 2.81. The highest BCUT2D eigenvalue weighted by Gasteiger charge is 2.48. The maximum atomic E-state index is 12.4. The van der Waals surface area contributed by atoms with Gasteiger partial charge in [0.2, 0.25) is 17.7 Å². The summed E-state index contributed by atoms with van der Waals surface area (Å²) in [5.74, 6) is -1.05. The summed E-state index contributed by atoms with van der Waals surface area (Å²) in [6, 6.07) is 7.57. The van der Waals surface area contributed by atoms with E-state index in [1.54, 1.807) is 0 Å². The molecule has 0 radical (unpaired) electrons. The number of amides is 3. The molecule has 0 spiro atoms. The molecule has 1 heterocycles. The Labute approximate surface area is 136 Å². The van der Waals surface area contributed by atoms with Crippen LogP contribution in [0.25, 0.3) is 0 Å². The number of carbonyl (C=O) groups excluding carboxylic acids is 3. The molecule has 122 valence electrons. The molecule has 1 aromatic carbocycles. The lowest BCUT2D eigenvalue weighted by molar-refractivity contribution is -0.142. The largest absolute Gasteiger partial charge is 0.324 e. The SMILES string of the molecule is CCc1ccccc1NC(=O)CN1C(=O)C2CCCCC2C1=O. The van der Waals surface area contributed by atoms with Gasteiger partial charge in [-0.2, -0.15) is 0 Å². The van der Waals surface area contributed by atoms with Gasteiger partial charge < -0.3 is 5.32 Å². The molecule has 1 N–H and O–H groups in total. The second-order valence-corrected chi connectivity index (χ2v) is 6.32. The van der Waals surface area contributed by atoms with Gasteiger partial charge in [-0.25, -0.2) is 0 Å². The normalized spacial score (nSPS) is 23.8. The van der Waals surface area contributed by atoms with Crippen molar-refractivity contribution in [1.82, 2.24) is 4.90 Å². The van der Waals surface area contributed by atoms with E-state index < -0.39 is 0 Å². The van der Waals surface area contributed by atoms with Crippen molar-refractivity contribution in [3.05, 3.63) is 29.8 Å². The van der Waals surface area contributed by atoms with Crippen molar-refractivity contribution < 1.29 is 14.4 Å². The summed E-state index contributed by atoms with van der Waals surface area (Å²) >= 11 is 0. The molecular weight excluding hydrogens is 292 g/mol. The number of nitrogens with zero attached hydrogens (tertiary/aromatic N) is 1. The number of anilines is 1. The van der Waals surface area contributed by atoms with E-state index in [2.05, 4.69) is 5.32 Å². The van der Waals surface area contributed by atoms with E-state index in [0.29, 0.717) is 0 Å². The second kappa shape index (κ2) is 6.52. The van der Waals surface area contributed by atoms with Crippen LogP contribution in [0.5, 0.6) is 0 Å². The van der Waals surface area contributed by atoms with Gasteiger partial charge in [-0.05, 0) is 30.9 Å². The molecule has 1 saturated carbocycles. The Hall–Kier alpha value is -2.17. The van der Waals surface area contributed by atoms with Crippen LogP contribution in [0, 0.1) is 11.8 Å². The van der Waals surface area contributed by atoms with Gasteiger partial charge >= 0.3 is 0 Å². The van der Waals surface area contributed by atoms with Crippen molar-refractivity contribution in [2.45, 2.75) is 39.0 Å². The molecule has 2 aliphatic rings. The Morgan fingerprint density at radius 1 is 1.13 bits per heavy atom. The first-order valence-corrected chi connectivity index (χ1v) is 8.34. The first-order chi connectivity index (χ1) is 11.1. The number of hydrogen-bond donors (Lipinski definition) is 1. The first kappa shape index (κ1) is 15.7. The van der Waals surface area contributed by atoms with Gasteiger partial charge in [-0.15, -0.1) is 0 Å². The Balaban J connectivity index is 1.68. The molecule has 23 heavy (non-hydrogen) atoms. The molecule has 5 nitrogen and oxygen atoms in total. The van der Waals surface area contributed by atoms with Crippen LogP contribution in [-0.2, 0) is 20.8 Å². The number of likely N-dealkylation sites (tertiary alicyclic amines) is 1. The van der Waals surface area contributed by atoms with E-state index in [4.69, 9.17) is 0 Å². The lowest BCUT2D eigenvalue weighted by Crippen LogP contribution is -2.38. The highest BCUT2D eigenvalue weighted by atomic mass is 16.2. The molecule has 3 amide bonds. The maximum Gasteiger partial charge on any atom is 0.244 e. The van der Waals surface area contributed by atoms with E-state index in [9.17, 15) is 14.4 Å². The highest BCUT2D eigenvalue weighted by Crippen LogP contribution is 2.37. The number of hydrogen-bond acceptors (Lipinski definition) is 3. The van der Waals surface area contributed by atoms with Crippen LogP contribution < -0.4 is 5.32 Å². The van der Waals surface area contributed by atoms with Gasteiger partial charge in [0, 0.05) is 5.69 Å². The van der Waals surface area contributed by atoms with Crippen LogP contribution in [0.4, 0.5) is 5.69 Å². The third kappa shape index (κ3) is 3.00. The van der Waals surface area contributed by atoms with E-state index in [1.807, 2.05) is 31.2 Å². The van der Waals surface area contributed by atoms with Gasteiger partial charge in [0.05, 0.1) is 11.8 Å². The van der Waals surface area contributed by atoms with E-state index in [-0.39, 0.29) is 36.1 Å². The second-order valence-electron chi connectivity index (χ2n) is 6.32. The van der Waals surface area contributed by atoms with Crippen molar-refractivity contribution >= 4 is 23.4 Å². The molecule has 2 fully saturated rings. The van der Waals surface area contributed by atoms with Crippen molar-refractivity contribution in [2.75, 3.05) is 11.9 Å². The van der Waals surface area contributed by atoms with Crippen LogP contribution in [0.15, 0.2) is 24.3 Å². The molecule has 5 heteroatoms. The number of rotatable bonds is 4. The minimum Gasteiger partial charge on any atom is -0.324 e. The van der Waals surface area contributed by atoms with Gasteiger partial charge in [-0.3, -0.25) is 19.3 Å². The highest BCUT2D eigenvalue weighted by molar-refractivity contribution is 6.08. The van der Waals surface area contributed by atoms with Crippen LogP contribution in [0.1, 0.15) is 38.2 Å². The minimum absolute atomic E-state index is 0.168. The molecule has 0 aromatic heterocycles.